The minimum atomic E-state index is -4.90. The first-order valence-corrected chi connectivity index (χ1v) is 3.91. The van der Waals surface area contributed by atoms with Crippen LogP contribution < -0.4 is 0 Å². The largest absolute Gasteiger partial charge is 0.419 e. The Kier molecular flexibility index (Phi) is 3.16. The standard InChI is InChI=1S/C8H2F5NS/c9-5-2-6(10)7(14-3-15)1-4(5)8(11,12)13/h1-2H. The minimum Gasteiger partial charge on any atom is -0.206 e. The molecule has 15 heavy (non-hydrogen) atoms. The van der Waals surface area contributed by atoms with E-state index in [0.717, 1.165) is 0 Å². The lowest BCUT2D eigenvalue weighted by atomic mass is 10.1. The van der Waals surface area contributed by atoms with Crippen molar-refractivity contribution in [3.63, 3.8) is 0 Å². The van der Waals surface area contributed by atoms with Gasteiger partial charge in [0.05, 0.1) is 10.7 Å². The summed E-state index contributed by atoms with van der Waals surface area (Å²) < 4.78 is 62.0. The molecule has 0 bridgehead atoms. The Hall–Kier alpha value is -1.33. The highest BCUT2D eigenvalue weighted by Gasteiger charge is 2.35. The van der Waals surface area contributed by atoms with Crippen molar-refractivity contribution in [3.05, 3.63) is 29.3 Å². The van der Waals surface area contributed by atoms with Crippen LogP contribution in [0.3, 0.4) is 0 Å². The maximum atomic E-state index is 12.8. The van der Waals surface area contributed by atoms with E-state index in [1.165, 1.54) is 0 Å². The molecular weight excluding hydrogens is 237 g/mol. The number of hydrogen-bond donors (Lipinski definition) is 0. The normalized spacial score (nSPS) is 11.0. The summed E-state index contributed by atoms with van der Waals surface area (Å²) in [4.78, 5) is 3.04. The quantitative estimate of drug-likeness (QED) is 0.413. The van der Waals surface area contributed by atoms with Crippen LogP contribution in [0, 0.1) is 11.6 Å². The van der Waals surface area contributed by atoms with E-state index in [4.69, 9.17) is 0 Å². The zero-order chi connectivity index (χ0) is 11.6. The van der Waals surface area contributed by atoms with Gasteiger partial charge >= 0.3 is 6.18 Å². The average Bonchev–Trinajstić information content (AvgIpc) is 2.07. The Morgan fingerprint density at radius 1 is 1.13 bits per heavy atom. The minimum absolute atomic E-state index is 0.105. The van der Waals surface area contributed by atoms with Crippen molar-refractivity contribution >= 4 is 23.1 Å². The third-order valence-corrected chi connectivity index (χ3v) is 1.60. The molecule has 0 fully saturated rings. The molecule has 1 rings (SSSR count). The van der Waals surface area contributed by atoms with E-state index in [-0.39, 0.29) is 12.1 Å². The Labute approximate surface area is 86.2 Å². The number of rotatable bonds is 1. The first kappa shape index (κ1) is 11.7. The molecule has 0 aliphatic carbocycles. The van der Waals surface area contributed by atoms with Crippen LogP contribution in [0.4, 0.5) is 27.6 Å². The molecule has 7 heteroatoms. The summed E-state index contributed by atoms with van der Waals surface area (Å²) in [5.74, 6) is -2.92. The number of hydrogen-bond acceptors (Lipinski definition) is 2. The van der Waals surface area contributed by atoms with Gasteiger partial charge in [-0.3, -0.25) is 0 Å². The molecule has 0 unspecified atom stereocenters. The van der Waals surface area contributed by atoms with Crippen LogP contribution in [0.15, 0.2) is 17.1 Å². The molecule has 1 nitrogen and oxygen atoms in total. The number of thiocarbonyl (C=S) groups is 1. The molecule has 0 aliphatic heterocycles. The first-order valence-electron chi connectivity index (χ1n) is 3.50. The molecule has 1 aromatic carbocycles. The van der Waals surface area contributed by atoms with Crippen LogP contribution in [0.1, 0.15) is 5.56 Å². The molecule has 0 aromatic heterocycles. The summed E-state index contributed by atoms with van der Waals surface area (Å²) in [7, 11) is 0. The molecule has 0 heterocycles. The van der Waals surface area contributed by atoms with Crippen molar-refractivity contribution < 1.29 is 22.0 Å². The van der Waals surface area contributed by atoms with Gasteiger partial charge in [0.25, 0.3) is 0 Å². The lowest BCUT2D eigenvalue weighted by molar-refractivity contribution is -0.140. The van der Waals surface area contributed by atoms with E-state index >= 15 is 0 Å². The third-order valence-electron chi connectivity index (χ3n) is 1.51. The Morgan fingerprint density at radius 2 is 1.73 bits per heavy atom. The van der Waals surface area contributed by atoms with Crippen LogP contribution in [0.5, 0.6) is 0 Å². The second-order valence-corrected chi connectivity index (χ2v) is 2.67. The van der Waals surface area contributed by atoms with Gasteiger partial charge in [0.1, 0.15) is 11.5 Å². The van der Waals surface area contributed by atoms with Gasteiger partial charge in [-0.15, -0.1) is 0 Å². The highest BCUT2D eigenvalue weighted by molar-refractivity contribution is 7.78. The van der Waals surface area contributed by atoms with E-state index in [1.807, 2.05) is 0 Å². The maximum absolute atomic E-state index is 12.8. The first-order chi connectivity index (χ1) is 6.86. The zero-order valence-corrected chi connectivity index (χ0v) is 7.72. The highest BCUT2D eigenvalue weighted by Crippen LogP contribution is 2.34. The molecule has 0 radical (unpaired) electrons. The summed E-state index contributed by atoms with van der Waals surface area (Å²) in [6, 6.07) is 0.346. The molecule has 0 amide bonds. The number of aliphatic imine (C=N–C) groups is 1. The summed E-state index contributed by atoms with van der Waals surface area (Å²) >= 11 is 4.10. The van der Waals surface area contributed by atoms with Crippen molar-refractivity contribution in [2.45, 2.75) is 6.18 Å². The number of benzene rings is 1. The Balaban J connectivity index is 3.42. The van der Waals surface area contributed by atoms with Gasteiger partial charge in [0.15, 0.2) is 5.82 Å². The SMILES string of the molecule is Fc1cc(F)c(C(F)(F)F)cc1N=C=S. The van der Waals surface area contributed by atoms with Gasteiger partial charge in [-0.25, -0.2) is 8.78 Å². The molecule has 0 saturated carbocycles. The molecular formula is C8H2F5NS. The lowest BCUT2D eigenvalue weighted by Gasteiger charge is -2.08. The monoisotopic (exact) mass is 239 g/mol. The van der Waals surface area contributed by atoms with Crippen LogP contribution in [-0.4, -0.2) is 5.16 Å². The van der Waals surface area contributed by atoms with E-state index in [1.54, 1.807) is 5.16 Å². The Bertz CT molecular complexity index is 433. The fourth-order valence-electron chi connectivity index (χ4n) is 0.890. The molecule has 0 N–H and O–H groups in total. The molecule has 1 aromatic rings. The zero-order valence-electron chi connectivity index (χ0n) is 6.90. The molecule has 0 saturated heterocycles. The molecule has 0 atom stereocenters. The van der Waals surface area contributed by atoms with Gasteiger partial charge in [-0.1, -0.05) is 0 Å². The van der Waals surface area contributed by atoms with Gasteiger partial charge in [0, 0.05) is 6.07 Å². The van der Waals surface area contributed by atoms with Gasteiger partial charge in [-0.2, -0.15) is 18.2 Å². The van der Waals surface area contributed by atoms with Gasteiger partial charge in [0.2, 0.25) is 0 Å². The maximum Gasteiger partial charge on any atom is 0.419 e. The summed E-state index contributed by atoms with van der Waals surface area (Å²) in [5.41, 5.74) is -2.29. The van der Waals surface area contributed by atoms with E-state index in [0.29, 0.717) is 0 Å². The summed E-state index contributed by atoms with van der Waals surface area (Å²) in [6.45, 7) is 0. The summed E-state index contributed by atoms with van der Waals surface area (Å²) in [5, 5.41) is 1.70. The van der Waals surface area contributed by atoms with Crippen LogP contribution in [0.2, 0.25) is 0 Å². The Morgan fingerprint density at radius 3 is 2.20 bits per heavy atom. The van der Waals surface area contributed by atoms with Gasteiger partial charge < -0.3 is 0 Å². The summed E-state index contributed by atoms with van der Waals surface area (Å²) in [6.07, 6.45) is -4.90. The topological polar surface area (TPSA) is 12.4 Å². The fraction of sp³-hybridized carbons (Fsp3) is 0.125. The van der Waals surface area contributed by atoms with Gasteiger partial charge in [-0.05, 0) is 18.3 Å². The van der Waals surface area contributed by atoms with Crippen molar-refractivity contribution in [2.75, 3.05) is 0 Å². The van der Waals surface area contributed by atoms with Crippen molar-refractivity contribution in [1.29, 1.82) is 0 Å². The van der Waals surface area contributed by atoms with E-state index < -0.39 is 29.1 Å². The van der Waals surface area contributed by atoms with Crippen LogP contribution >= 0.6 is 12.2 Å². The fourth-order valence-corrected chi connectivity index (χ4v) is 0.988. The van der Waals surface area contributed by atoms with Crippen molar-refractivity contribution in [3.8, 4) is 0 Å². The number of nitrogens with zero attached hydrogens (tertiary/aromatic N) is 1. The average molecular weight is 239 g/mol. The lowest BCUT2D eigenvalue weighted by Crippen LogP contribution is -2.08. The molecule has 0 aliphatic rings. The molecule has 0 spiro atoms. The van der Waals surface area contributed by atoms with Crippen molar-refractivity contribution in [1.82, 2.24) is 0 Å². The second kappa shape index (κ2) is 4.04. The number of alkyl halides is 3. The van der Waals surface area contributed by atoms with E-state index in [2.05, 4.69) is 17.2 Å². The predicted molar refractivity (Wildman–Crippen MR) is 46.0 cm³/mol. The highest BCUT2D eigenvalue weighted by atomic mass is 32.1. The third kappa shape index (κ3) is 2.57. The predicted octanol–water partition coefficient (Wildman–Crippen LogP) is 3.72. The number of halogens is 5. The second-order valence-electron chi connectivity index (χ2n) is 2.48. The van der Waals surface area contributed by atoms with Crippen LogP contribution in [-0.2, 0) is 6.18 Å². The van der Waals surface area contributed by atoms with Crippen LogP contribution in [0.25, 0.3) is 0 Å². The van der Waals surface area contributed by atoms with Crippen molar-refractivity contribution in [2.24, 2.45) is 4.99 Å². The van der Waals surface area contributed by atoms with E-state index in [9.17, 15) is 22.0 Å². The number of isothiocyanates is 1. The smallest absolute Gasteiger partial charge is 0.206 e. The molecule has 80 valence electrons.